The number of aryl methyl sites for hydroxylation is 2. The quantitative estimate of drug-likeness (QED) is 0.385. The zero-order valence-corrected chi connectivity index (χ0v) is 18.1. The first-order chi connectivity index (χ1) is 14.5. The van der Waals surface area contributed by atoms with E-state index in [1.807, 2.05) is 24.6 Å². The van der Waals surface area contributed by atoms with Crippen LogP contribution in [0, 0.1) is 19.7 Å². The molecule has 0 unspecified atom stereocenters. The average molecular weight is 418 g/mol. The van der Waals surface area contributed by atoms with Crippen LogP contribution >= 0.6 is 0 Å². The minimum atomic E-state index is -0.203. The SMILES string of the molecule is Cc1ccc(CN=C(NCCCN2CCOCC2)NCc2nnc(C)n2C)cc1F. The number of hydrogen-bond donors (Lipinski definition) is 2. The number of hydrogen-bond acceptors (Lipinski definition) is 5. The third-order valence-electron chi connectivity index (χ3n) is 5.30. The molecule has 1 saturated heterocycles. The molecule has 0 aliphatic carbocycles. The van der Waals surface area contributed by atoms with E-state index in [2.05, 4.69) is 30.7 Å². The monoisotopic (exact) mass is 417 g/mol. The summed E-state index contributed by atoms with van der Waals surface area (Å²) in [7, 11) is 1.94. The Kier molecular flexibility index (Phi) is 8.15. The van der Waals surface area contributed by atoms with Crippen molar-refractivity contribution in [2.45, 2.75) is 33.4 Å². The molecule has 9 heteroatoms. The predicted octanol–water partition coefficient (Wildman–Crippen LogP) is 1.53. The third-order valence-corrected chi connectivity index (χ3v) is 5.30. The molecule has 3 rings (SSSR count). The highest BCUT2D eigenvalue weighted by molar-refractivity contribution is 5.79. The molecule has 1 aromatic heterocycles. The minimum absolute atomic E-state index is 0.203. The van der Waals surface area contributed by atoms with E-state index in [0.717, 1.165) is 63.0 Å². The van der Waals surface area contributed by atoms with Crippen LogP contribution in [0.5, 0.6) is 0 Å². The van der Waals surface area contributed by atoms with E-state index in [1.54, 1.807) is 19.1 Å². The average Bonchev–Trinajstić information content (AvgIpc) is 3.07. The molecule has 8 nitrogen and oxygen atoms in total. The number of benzene rings is 1. The van der Waals surface area contributed by atoms with Crippen molar-refractivity contribution in [3.05, 3.63) is 46.8 Å². The van der Waals surface area contributed by atoms with Crippen LogP contribution in [0.2, 0.25) is 0 Å². The van der Waals surface area contributed by atoms with Crippen molar-refractivity contribution in [3.8, 4) is 0 Å². The van der Waals surface area contributed by atoms with Crippen molar-refractivity contribution in [2.24, 2.45) is 12.0 Å². The highest BCUT2D eigenvalue weighted by Crippen LogP contribution is 2.10. The molecule has 1 aliphatic rings. The maximum absolute atomic E-state index is 13.8. The van der Waals surface area contributed by atoms with Crippen molar-refractivity contribution < 1.29 is 9.13 Å². The first kappa shape index (κ1) is 22.2. The molecule has 0 amide bonds. The zero-order chi connectivity index (χ0) is 21.3. The summed E-state index contributed by atoms with van der Waals surface area (Å²) in [5, 5.41) is 15.0. The lowest BCUT2D eigenvalue weighted by Crippen LogP contribution is -2.40. The molecule has 1 fully saturated rings. The van der Waals surface area contributed by atoms with Gasteiger partial charge in [0.25, 0.3) is 0 Å². The van der Waals surface area contributed by atoms with Crippen LogP contribution in [0.1, 0.15) is 29.2 Å². The number of aromatic nitrogens is 3. The fraction of sp³-hybridized carbons (Fsp3) is 0.571. The van der Waals surface area contributed by atoms with Gasteiger partial charge in [-0.25, -0.2) is 9.38 Å². The third kappa shape index (κ3) is 6.50. The molecule has 1 aliphatic heterocycles. The number of rotatable bonds is 8. The predicted molar refractivity (Wildman–Crippen MR) is 115 cm³/mol. The van der Waals surface area contributed by atoms with Gasteiger partial charge in [0.2, 0.25) is 0 Å². The van der Waals surface area contributed by atoms with Gasteiger partial charge in [-0.05, 0) is 44.0 Å². The number of aliphatic imine (C=N–C) groups is 1. The van der Waals surface area contributed by atoms with Gasteiger partial charge in [0.15, 0.2) is 11.8 Å². The molecule has 0 saturated carbocycles. The molecule has 0 spiro atoms. The molecule has 1 aromatic carbocycles. The molecule has 2 aromatic rings. The summed E-state index contributed by atoms with van der Waals surface area (Å²) in [4.78, 5) is 7.05. The lowest BCUT2D eigenvalue weighted by Gasteiger charge is -2.26. The molecule has 0 bridgehead atoms. The summed E-state index contributed by atoms with van der Waals surface area (Å²) in [5.74, 6) is 2.17. The van der Waals surface area contributed by atoms with E-state index in [9.17, 15) is 4.39 Å². The topological polar surface area (TPSA) is 79.6 Å². The van der Waals surface area contributed by atoms with Gasteiger partial charge < -0.3 is 19.9 Å². The fourth-order valence-corrected chi connectivity index (χ4v) is 3.18. The van der Waals surface area contributed by atoms with Crippen LogP contribution < -0.4 is 10.6 Å². The maximum atomic E-state index is 13.8. The van der Waals surface area contributed by atoms with Gasteiger partial charge in [0.05, 0.1) is 26.3 Å². The summed E-state index contributed by atoms with van der Waals surface area (Å²) in [6, 6.07) is 5.23. The first-order valence-corrected chi connectivity index (χ1v) is 10.4. The van der Waals surface area contributed by atoms with Crippen molar-refractivity contribution in [1.82, 2.24) is 30.3 Å². The number of morpholine rings is 1. The second-order valence-corrected chi connectivity index (χ2v) is 7.56. The van der Waals surface area contributed by atoms with Crippen LogP contribution in [0.15, 0.2) is 23.2 Å². The standard InChI is InChI=1S/C21H32FN7O/c1-16-5-6-18(13-19(16)22)14-24-21(25-15-20-27-26-17(2)28(20)3)23-7-4-8-29-9-11-30-12-10-29/h5-6,13H,4,7-12,14-15H2,1-3H3,(H2,23,24,25). The number of halogens is 1. The van der Waals surface area contributed by atoms with Gasteiger partial charge in [0, 0.05) is 26.7 Å². The summed E-state index contributed by atoms with van der Waals surface area (Å²) in [6.07, 6.45) is 1.00. The van der Waals surface area contributed by atoms with Gasteiger partial charge in [-0.15, -0.1) is 10.2 Å². The molecular weight excluding hydrogens is 385 g/mol. The van der Waals surface area contributed by atoms with E-state index in [4.69, 9.17) is 4.74 Å². The minimum Gasteiger partial charge on any atom is -0.379 e. The lowest BCUT2D eigenvalue weighted by atomic mass is 10.1. The van der Waals surface area contributed by atoms with Gasteiger partial charge in [-0.1, -0.05) is 12.1 Å². The van der Waals surface area contributed by atoms with Crippen LogP contribution in [-0.4, -0.2) is 65.0 Å². The Bertz CT molecular complexity index is 846. The number of nitrogens with one attached hydrogen (secondary N) is 2. The van der Waals surface area contributed by atoms with Gasteiger partial charge in [-0.3, -0.25) is 4.90 Å². The Labute approximate surface area is 177 Å². The fourth-order valence-electron chi connectivity index (χ4n) is 3.18. The summed E-state index contributed by atoms with van der Waals surface area (Å²) in [5.41, 5.74) is 1.47. The van der Waals surface area contributed by atoms with Crippen molar-refractivity contribution in [1.29, 1.82) is 0 Å². The molecular formula is C21H32FN7O. The van der Waals surface area contributed by atoms with Crippen LogP contribution in [-0.2, 0) is 24.9 Å². The molecule has 2 heterocycles. The summed E-state index contributed by atoms with van der Waals surface area (Å²) < 4.78 is 21.2. The number of ether oxygens (including phenoxy) is 1. The summed E-state index contributed by atoms with van der Waals surface area (Å²) >= 11 is 0. The van der Waals surface area contributed by atoms with Crippen LogP contribution in [0.4, 0.5) is 4.39 Å². The van der Waals surface area contributed by atoms with E-state index in [0.29, 0.717) is 24.6 Å². The highest BCUT2D eigenvalue weighted by atomic mass is 19.1. The Morgan fingerprint density at radius 2 is 2.00 bits per heavy atom. The molecule has 2 N–H and O–H groups in total. The number of nitrogens with zero attached hydrogens (tertiary/aromatic N) is 5. The van der Waals surface area contributed by atoms with Gasteiger partial charge in [-0.2, -0.15) is 0 Å². The molecule has 0 radical (unpaired) electrons. The second kappa shape index (κ2) is 11.0. The van der Waals surface area contributed by atoms with Crippen LogP contribution in [0.25, 0.3) is 0 Å². The van der Waals surface area contributed by atoms with Crippen LogP contribution in [0.3, 0.4) is 0 Å². The van der Waals surface area contributed by atoms with Crippen molar-refractivity contribution >= 4 is 5.96 Å². The Balaban J connectivity index is 1.56. The maximum Gasteiger partial charge on any atom is 0.191 e. The van der Waals surface area contributed by atoms with Gasteiger partial charge >= 0.3 is 0 Å². The largest absolute Gasteiger partial charge is 0.379 e. The Morgan fingerprint density at radius 3 is 2.70 bits per heavy atom. The van der Waals surface area contributed by atoms with E-state index < -0.39 is 0 Å². The van der Waals surface area contributed by atoms with E-state index >= 15 is 0 Å². The number of guanidine groups is 1. The summed E-state index contributed by atoms with van der Waals surface area (Å²) in [6.45, 7) is 10.0. The molecule has 30 heavy (non-hydrogen) atoms. The Morgan fingerprint density at radius 1 is 1.20 bits per heavy atom. The lowest BCUT2D eigenvalue weighted by molar-refractivity contribution is 0.0376. The van der Waals surface area contributed by atoms with Gasteiger partial charge in [0.1, 0.15) is 11.6 Å². The molecule has 164 valence electrons. The smallest absolute Gasteiger partial charge is 0.191 e. The highest BCUT2D eigenvalue weighted by Gasteiger charge is 2.10. The molecule has 0 atom stereocenters. The second-order valence-electron chi connectivity index (χ2n) is 7.56. The zero-order valence-electron chi connectivity index (χ0n) is 18.1. The van der Waals surface area contributed by atoms with Crippen molar-refractivity contribution in [2.75, 3.05) is 39.4 Å². The van der Waals surface area contributed by atoms with E-state index in [1.165, 1.54) is 0 Å². The Hall–Kier alpha value is -2.52. The van der Waals surface area contributed by atoms with E-state index in [-0.39, 0.29) is 5.82 Å². The normalized spacial score (nSPS) is 15.4. The first-order valence-electron chi connectivity index (χ1n) is 10.4. The van der Waals surface area contributed by atoms with Crippen molar-refractivity contribution in [3.63, 3.8) is 0 Å².